The van der Waals surface area contributed by atoms with Gasteiger partial charge in [-0.05, 0) is 45.4 Å². The third-order valence-corrected chi connectivity index (χ3v) is 4.42. The van der Waals surface area contributed by atoms with Crippen molar-refractivity contribution in [1.29, 1.82) is 0 Å². The van der Waals surface area contributed by atoms with Crippen LogP contribution in [0.5, 0.6) is 0 Å². The molecule has 1 atom stereocenters. The first-order valence-corrected chi connectivity index (χ1v) is 8.54. The fraction of sp³-hybridized carbons (Fsp3) is 0.765. The lowest BCUT2D eigenvalue weighted by Gasteiger charge is -2.34. The summed E-state index contributed by atoms with van der Waals surface area (Å²) in [7, 11) is 1.81. The number of likely N-dealkylation sites (tertiary alicyclic amines) is 1. The van der Waals surface area contributed by atoms with E-state index in [0.29, 0.717) is 13.2 Å². The van der Waals surface area contributed by atoms with Crippen LogP contribution >= 0.6 is 24.0 Å². The number of ether oxygens (including phenoxy) is 1. The van der Waals surface area contributed by atoms with Crippen molar-refractivity contribution in [3.05, 3.63) is 11.6 Å². The van der Waals surface area contributed by atoms with E-state index in [1.165, 1.54) is 19.3 Å². The van der Waals surface area contributed by atoms with Gasteiger partial charge in [0.05, 0.1) is 12.5 Å². The zero-order valence-corrected chi connectivity index (χ0v) is 16.7. The first kappa shape index (κ1) is 20.3. The van der Waals surface area contributed by atoms with Crippen LogP contribution < -0.4 is 5.32 Å². The number of piperidine rings is 1. The van der Waals surface area contributed by atoms with Gasteiger partial charge in [0.15, 0.2) is 5.96 Å². The number of rotatable bonds is 5. The van der Waals surface area contributed by atoms with Gasteiger partial charge in [0.25, 0.3) is 0 Å². The molecule has 0 bridgehead atoms. The molecule has 0 aromatic rings. The van der Waals surface area contributed by atoms with Gasteiger partial charge in [-0.25, -0.2) is 0 Å². The topological polar surface area (TPSA) is 53.9 Å². The van der Waals surface area contributed by atoms with Gasteiger partial charge in [-0.15, -0.1) is 24.0 Å². The molecule has 6 heteroatoms. The molecule has 1 aliphatic heterocycles. The van der Waals surface area contributed by atoms with Gasteiger partial charge in [-0.3, -0.25) is 9.79 Å². The number of halogens is 1. The van der Waals surface area contributed by atoms with E-state index in [4.69, 9.17) is 4.74 Å². The van der Waals surface area contributed by atoms with E-state index < -0.39 is 0 Å². The summed E-state index contributed by atoms with van der Waals surface area (Å²) < 4.78 is 5.16. The summed E-state index contributed by atoms with van der Waals surface area (Å²) in [6, 6.07) is 0. The molecule has 0 unspecified atom stereocenters. The number of carbonyl (C=O) groups is 1. The summed E-state index contributed by atoms with van der Waals surface area (Å²) in [5, 5.41) is 3.44. The summed E-state index contributed by atoms with van der Waals surface area (Å²) >= 11 is 0. The summed E-state index contributed by atoms with van der Waals surface area (Å²) in [5.74, 6) is 0.816. The predicted molar refractivity (Wildman–Crippen MR) is 104 cm³/mol. The lowest BCUT2D eigenvalue weighted by atomic mass is 9.98. The van der Waals surface area contributed by atoms with Gasteiger partial charge in [-0.1, -0.05) is 11.6 Å². The molecular formula is C17H30IN3O2. The number of carbonyl (C=O) groups excluding carboxylic acids is 1. The average Bonchev–Trinajstić information content (AvgIpc) is 3.05. The largest absolute Gasteiger partial charge is 0.466 e. The summed E-state index contributed by atoms with van der Waals surface area (Å²) in [5.41, 5.74) is 1.56. The minimum absolute atomic E-state index is 0. The summed E-state index contributed by atoms with van der Waals surface area (Å²) in [6.07, 6.45) is 9.16. The molecule has 0 aromatic carbocycles. The molecule has 5 nitrogen and oxygen atoms in total. The zero-order valence-electron chi connectivity index (χ0n) is 14.3. The molecule has 0 radical (unpaired) electrons. The van der Waals surface area contributed by atoms with E-state index in [1.54, 1.807) is 5.57 Å². The van der Waals surface area contributed by atoms with Gasteiger partial charge >= 0.3 is 5.97 Å². The van der Waals surface area contributed by atoms with Crippen LogP contribution in [0.2, 0.25) is 0 Å². The predicted octanol–water partition coefficient (Wildman–Crippen LogP) is 2.96. The van der Waals surface area contributed by atoms with Crippen LogP contribution in [0.4, 0.5) is 0 Å². The minimum atomic E-state index is -0.0706. The lowest BCUT2D eigenvalue weighted by Crippen LogP contribution is -2.48. The highest BCUT2D eigenvalue weighted by molar-refractivity contribution is 14.0. The lowest BCUT2D eigenvalue weighted by molar-refractivity contribution is -0.149. The molecule has 0 aromatic heterocycles. The number of aliphatic imine (C=N–C) groups is 1. The third kappa shape index (κ3) is 6.31. The fourth-order valence-electron chi connectivity index (χ4n) is 3.25. The maximum absolute atomic E-state index is 11.9. The second-order valence-electron chi connectivity index (χ2n) is 6.02. The second kappa shape index (κ2) is 10.9. The van der Waals surface area contributed by atoms with Crippen molar-refractivity contribution in [3.8, 4) is 0 Å². The third-order valence-electron chi connectivity index (χ3n) is 4.42. The van der Waals surface area contributed by atoms with Gasteiger partial charge < -0.3 is 15.0 Å². The van der Waals surface area contributed by atoms with Gasteiger partial charge in [0.1, 0.15) is 0 Å². The van der Waals surface area contributed by atoms with Crippen LogP contribution in [0.3, 0.4) is 0 Å². The smallest absolute Gasteiger partial charge is 0.310 e. The van der Waals surface area contributed by atoms with E-state index in [1.807, 2.05) is 14.0 Å². The van der Waals surface area contributed by atoms with Crippen molar-refractivity contribution >= 4 is 35.9 Å². The van der Waals surface area contributed by atoms with Crippen molar-refractivity contribution in [2.45, 2.75) is 45.4 Å². The molecule has 1 aliphatic carbocycles. The number of guanidine groups is 1. The molecule has 1 N–H and O–H groups in total. The molecule has 1 heterocycles. The van der Waals surface area contributed by atoms with Crippen molar-refractivity contribution < 1.29 is 9.53 Å². The maximum Gasteiger partial charge on any atom is 0.310 e. The number of esters is 1. The van der Waals surface area contributed by atoms with Crippen LogP contribution in [-0.2, 0) is 9.53 Å². The Balaban J connectivity index is 0.00000264. The molecule has 23 heavy (non-hydrogen) atoms. The normalized spacial score (nSPS) is 21.5. The minimum Gasteiger partial charge on any atom is -0.466 e. The van der Waals surface area contributed by atoms with Gasteiger partial charge in [0, 0.05) is 26.7 Å². The zero-order chi connectivity index (χ0) is 15.8. The Kier molecular flexibility index (Phi) is 9.59. The molecule has 0 saturated carbocycles. The molecule has 0 spiro atoms. The van der Waals surface area contributed by atoms with Gasteiger partial charge in [0.2, 0.25) is 0 Å². The van der Waals surface area contributed by atoms with Crippen LogP contribution in [0, 0.1) is 5.92 Å². The molecular weight excluding hydrogens is 405 g/mol. The Bertz CT molecular complexity index is 438. The number of hydrogen-bond acceptors (Lipinski definition) is 3. The van der Waals surface area contributed by atoms with Gasteiger partial charge in [-0.2, -0.15) is 0 Å². The van der Waals surface area contributed by atoms with E-state index in [2.05, 4.69) is 21.3 Å². The number of hydrogen-bond donors (Lipinski definition) is 1. The first-order valence-electron chi connectivity index (χ1n) is 8.54. The van der Waals surface area contributed by atoms with Crippen LogP contribution in [0.25, 0.3) is 0 Å². The molecule has 1 saturated heterocycles. The number of allylic oxidation sites excluding steroid dienone is 1. The Morgan fingerprint density at radius 1 is 1.48 bits per heavy atom. The standard InChI is InChI=1S/C17H29N3O2.HI/c1-3-22-16(21)15-9-6-12-20(13-15)17(18-2)19-11-10-14-7-4-5-8-14;/h7,15H,3-6,8-13H2,1-2H3,(H,18,19);1H/t15-;/m1./s1. The number of nitrogens with zero attached hydrogens (tertiary/aromatic N) is 2. The van der Waals surface area contributed by atoms with E-state index in [0.717, 1.165) is 38.3 Å². The quantitative estimate of drug-likeness (QED) is 0.237. The second-order valence-corrected chi connectivity index (χ2v) is 6.02. The fourth-order valence-corrected chi connectivity index (χ4v) is 3.25. The van der Waals surface area contributed by atoms with Crippen LogP contribution in [0.1, 0.15) is 45.4 Å². The SMILES string of the molecule is CCOC(=O)[C@@H]1CCCN(C(=NC)NCCC2=CCCC2)C1.I. The Hall–Kier alpha value is -0.790. The van der Waals surface area contributed by atoms with E-state index in [9.17, 15) is 4.79 Å². The van der Waals surface area contributed by atoms with Crippen molar-refractivity contribution in [2.75, 3.05) is 33.3 Å². The molecule has 2 rings (SSSR count). The summed E-state index contributed by atoms with van der Waals surface area (Å²) in [4.78, 5) is 18.5. The Morgan fingerprint density at radius 3 is 2.96 bits per heavy atom. The van der Waals surface area contributed by atoms with E-state index in [-0.39, 0.29) is 35.9 Å². The first-order chi connectivity index (χ1) is 10.7. The Morgan fingerprint density at radius 2 is 2.30 bits per heavy atom. The number of nitrogens with one attached hydrogen (secondary N) is 1. The highest BCUT2D eigenvalue weighted by atomic mass is 127. The van der Waals surface area contributed by atoms with Crippen molar-refractivity contribution in [3.63, 3.8) is 0 Å². The molecule has 2 aliphatic rings. The highest BCUT2D eigenvalue weighted by Gasteiger charge is 2.28. The maximum atomic E-state index is 11.9. The Labute approximate surface area is 157 Å². The summed E-state index contributed by atoms with van der Waals surface area (Å²) in [6.45, 7) is 4.90. The molecule has 1 fully saturated rings. The van der Waals surface area contributed by atoms with Crippen molar-refractivity contribution in [2.24, 2.45) is 10.9 Å². The van der Waals surface area contributed by atoms with Crippen LogP contribution in [-0.4, -0.2) is 50.1 Å². The van der Waals surface area contributed by atoms with Crippen LogP contribution in [0.15, 0.2) is 16.6 Å². The molecule has 0 amide bonds. The monoisotopic (exact) mass is 435 g/mol. The molecule has 132 valence electrons. The van der Waals surface area contributed by atoms with Crippen molar-refractivity contribution in [1.82, 2.24) is 10.2 Å². The van der Waals surface area contributed by atoms with E-state index >= 15 is 0 Å². The highest BCUT2D eigenvalue weighted by Crippen LogP contribution is 2.20. The average molecular weight is 435 g/mol.